The molecule has 1 fully saturated rings. The third kappa shape index (κ3) is 5.82. The summed E-state index contributed by atoms with van der Waals surface area (Å²) in [7, 11) is 0. The lowest BCUT2D eigenvalue weighted by Gasteiger charge is -2.31. The van der Waals surface area contributed by atoms with Gasteiger partial charge < -0.3 is 15.5 Å². The van der Waals surface area contributed by atoms with Crippen LogP contribution in [0.15, 0.2) is 24.3 Å². The Balaban J connectivity index is 1.68. The second-order valence-electron chi connectivity index (χ2n) is 5.63. The molecule has 1 aliphatic rings. The molecule has 2 amide bonds. The Bertz CT molecular complexity index is 459. The lowest BCUT2D eigenvalue weighted by atomic mass is 9.97. The molecule has 1 aliphatic heterocycles. The smallest absolute Gasteiger partial charge is 0.319 e. The molecule has 0 aliphatic carbocycles. The zero-order valence-corrected chi connectivity index (χ0v) is 14.7. The number of carbonyl (C=O) groups excluding carboxylic acids is 1. The number of nitrogens with zero attached hydrogens (tertiary/aromatic N) is 1. The fraction of sp³-hybridized carbons (Fsp3) is 0.562. The quantitative estimate of drug-likeness (QED) is 0.742. The maximum Gasteiger partial charge on any atom is 0.319 e. The van der Waals surface area contributed by atoms with Crippen molar-refractivity contribution >= 4 is 34.3 Å². The van der Waals surface area contributed by atoms with E-state index in [1.807, 2.05) is 24.3 Å². The fourth-order valence-corrected chi connectivity index (χ4v) is 3.25. The maximum atomic E-state index is 11.9. The van der Waals surface area contributed by atoms with Gasteiger partial charge in [0, 0.05) is 15.8 Å². The molecule has 1 heterocycles. The first-order valence-corrected chi connectivity index (χ1v) is 8.78. The molecule has 1 aromatic carbocycles. The van der Waals surface area contributed by atoms with E-state index in [1.165, 1.54) is 38.9 Å². The Labute approximate surface area is 140 Å². The van der Waals surface area contributed by atoms with Gasteiger partial charge in [-0.1, -0.05) is 13.0 Å². The Morgan fingerprint density at radius 1 is 1.38 bits per heavy atom. The second kappa shape index (κ2) is 8.58. The predicted molar refractivity (Wildman–Crippen MR) is 95.6 cm³/mol. The average Bonchev–Trinajstić information content (AvgIpc) is 2.47. The van der Waals surface area contributed by atoms with Crippen LogP contribution < -0.4 is 10.6 Å². The van der Waals surface area contributed by atoms with E-state index in [2.05, 4.69) is 45.0 Å². The van der Waals surface area contributed by atoms with Crippen LogP contribution in [0.3, 0.4) is 0 Å². The number of benzene rings is 1. The number of nitrogens with one attached hydrogen (secondary N) is 2. The second-order valence-corrected chi connectivity index (χ2v) is 6.88. The number of piperidine rings is 1. The highest BCUT2D eigenvalue weighted by Gasteiger charge is 2.18. The van der Waals surface area contributed by atoms with Gasteiger partial charge in [-0.25, -0.2) is 4.79 Å². The van der Waals surface area contributed by atoms with Gasteiger partial charge in [0.05, 0.1) is 0 Å². The SMILES string of the molecule is CCCN1CCC(CNC(=O)Nc2cccc(I)c2)CC1. The van der Waals surface area contributed by atoms with Crippen molar-refractivity contribution < 1.29 is 4.79 Å². The molecule has 0 radical (unpaired) electrons. The van der Waals surface area contributed by atoms with E-state index in [-0.39, 0.29) is 6.03 Å². The largest absolute Gasteiger partial charge is 0.338 e. The summed E-state index contributed by atoms with van der Waals surface area (Å²) in [4.78, 5) is 14.4. The van der Waals surface area contributed by atoms with Crippen molar-refractivity contribution in [3.63, 3.8) is 0 Å². The first-order valence-electron chi connectivity index (χ1n) is 7.70. The number of rotatable bonds is 5. The van der Waals surface area contributed by atoms with E-state index < -0.39 is 0 Å². The summed E-state index contributed by atoms with van der Waals surface area (Å²) in [6.45, 7) is 6.53. The molecule has 0 unspecified atom stereocenters. The minimum absolute atomic E-state index is 0.104. The normalized spacial score (nSPS) is 16.7. The minimum atomic E-state index is -0.104. The summed E-state index contributed by atoms with van der Waals surface area (Å²) in [5, 5.41) is 5.88. The van der Waals surface area contributed by atoms with Crippen molar-refractivity contribution in [3.8, 4) is 0 Å². The average molecular weight is 401 g/mol. The molecule has 0 spiro atoms. The van der Waals surface area contributed by atoms with E-state index in [0.29, 0.717) is 5.92 Å². The number of anilines is 1. The molecular formula is C16H24IN3O. The van der Waals surface area contributed by atoms with Gasteiger partial charge in [0.15, 0.2) is 0 Å². The third-order valence-electron chi connectivity index (χ3n) is 3.88. The zero-order valence-electron chi connectivity index (χ0n) is 12.6. The van der Waals surface area contributed by atoms with Crippen LogP contribution in [0.4, 0.5) is 10.5 Å². The monoisotopic (exact) mass is 401 g/mol. The molecule has 0 bridgehead atoms. The molecule has 0 saturated carbocycles. The summed E-state index contributed by atoms with van der Waals surface area (Å²) >= 11 is 2.24. The number of halogens is 1. The highest BCUT2D eigenvalue weighted by Crippen LogP contribution is 2.16. The molecule has 0 atom stereocenters. The molecule has 116 valence electrons. The van der Waals surface area contributed by atoms with Gasteiger partial charge in [-0.3, -0.25) is 0 Å². The highest BCUT2D eigenvalue weighted by molar-refractivity contribution is 14.1. The number of hydrogen-bond donors (Lipinski definition) is 2. The molecule has 1 aromatic rings. The first kappa shape index (κ1) is 16.5. The highest BCUT2D eigenvalue weighted by atomic mass is 127. The van der Waals surface area contributed by atoms with Crippen LogP contribution in [0.25, 0.3) is 0 Å². The van der Waals surface area contributed by atoms with Gasteiger partial charge in [0.1, 0.15) is 0 Å². The van der Waals surface area contributed by atoms with Gasteiger partial charge in [0.2, 0.25) is 0 Å². The summed E-state index contributed by atoms with van der Waals surface area (Å²) < 4.78 is 1.12. The topological polar surface area (TPSA) is 44.4 Å². The summed E-state index contributed by atoms with van der Waals surface area (Å²) in [5.74, 6) is 0.611. The van der Waals surface area contributed by atoms with E-state index in [1.54, 1.807) is 0 Å². The molecule has 2 rings (SSSR count). The predicted octanol–water partition coefficient (Wildman–Crippen LogP) is 3.53. The van der Waals surface area contributed by atoms with Crippen LogP contribution >= 0.6 is 22.6 Å². The number of urea groups is 1. The van der Waals surface area contributed by atoms with Crippen molar-refractivity contribution in [1.82, 2.24) is 10.2 Å². The Morgan fingerprint density at radius 3 is 2.81 bits per heavy atom. The van der Waals surface area contributed by atoms with Crippen LogP contribution in [-0.4, -0.2) is 37.1 Å². The number of hydrogen-bond acceptors (Lipinski definition) is 2. The Kier molecular flexibility index (Phi) is 6.76. The van der Waals surface area contributed by atoms with Crippen molar-refractivity contribution in [2.75, 3.05) is 31.5 Å². The van der Waals surface area contributed by atoms with Crippen LogP contribution in [0.1, 0.15) is 26.2 Å². The minimum Gasteiger partial charge on any atom is -0.338 e. The van der Waals surface area contributed by atoms with Crippen LogP contribution in [0, 0.1) is 9.49 Å². The molecule has 21 heavy (non-hydrogen) atoms. The summed E-state index contributed by atoms with van der Waals surface area (Å²) in [6.07, 6.45) is 3.59. The van der Waals surface area contributed by atoms with Gasteiger partial charge in [-0.15, -0.1) is 0 Å². The zero-order chi connectivity index (χ0) is 15.1. The van der Waals surface area contributed by atoms with E-state index in [0.717, 1.165) is 15.8 Å². The summed E-state index contributed by atoms with van der Waals surface area (Å²) in [6, 6.07) is 7.72. The van der Waals surface area contributed by atoms with Gasteiger partial charge in [-0.2, -0.15) is 0 Å². The molecule has 2 N–H and O–H groups in total. The van der Waals surface area contributed by atoms with Crippen LogP contribution in [-0.2, 0) is 0 Å². The van der Waals surface area contributed by atoms with Crippen molar-refractivity contribution in [2.45, 2.75) is 26.2 Å². The first-order chi connectivity index (χ1) is 10.2. The van der Waals surface area contributed by atoms with Gasteiger partial charge >= 0.3 is 6.03 Å². The maximum absolute atomic E-state index is 11.9. The van der Waals surface area contributed by atoms with Crippen LogP contribution in [0.5, 0.6) is 0 Å². The van der Waals surface area contributed by atoms with E-state index in [4.69, 9.17) is 0 Å². The Hall–Kier alpha value is -0.820. The fourth-order valence-electron chi connectivity index (χ4n) is 2.71. The number of carbonyl (C=O) groups is 1. The number of likely N-dealkylation sites (tertiary alicyclic amines) is 1. The van der Waals surface area contributed by atoms with Gasteiger partial charge in [-0.05, 0) is 85.6 Å². The Morgan fingerprint density at radius 2 is 2.14 bits per heavy atom. The van der Waals surface area contributed by atoms with E-state index >= 15 is 0 Å². The van der Waals surface area contributed by atoms with Crippen molar-refractivity contribution in [2.24, 2.45) is 5.92 Å². The lowest BCUT2D eigenvalue weighted by molar-refractivity contribution is 0.182. The standard InChI is InChI=1S/C16H24IN3O/c1-2-8-20-9-6-13(7-10-20)12-18-16(21)19-15-5-3-4-14(17)11-15/h3-5,11,13H,2,6-10,12H2,1H3,(H2,18,19,21). The molecule has 4 nitrogen and oxygen atoms in total. The van der Waals surface area contributed by atoms with Crippen LogP contribution in [0.2, 0.25) is 0 Å². The van der Waals surface area contributed by atoms with Crippen molar-refractivity contribution in [3.05, 3.63) is 27.8 Å². The van der Waals surface area contributed by atoms with Crippen molar-refractivity contribution in [1.29, 1.82) is 0 Å². The number of amides is 2. The summed E-state index contributed by atoms with van der Waals surface area (Å²) in [5.41, 5.74) is 0.845. The molecule has 0 aromatic heterocycles. The molecule has 1 saturated heterocycles. The molecular weight excluding hydrogens is 377 g/mol. The third-order valence-corrected chi connectivity index (χ3v) is 4.55. The lowest BCUT2D eigenvalue weighted by Crippen LogP contribution is -2.40. The van der Waals surface area contributed by atoms with E-state index in [9.17, 15) is 4.79 Å². The molecule has 5 heteroatoms. The van der Waals surface area contributed by atoms with Gasteiger partial charge in [0.25, 0.3) is 0 Å².